The number of aryl methyl sites for hydroxylation is 1. The van der Waals surface area contributed by atoms with Crippen LogP contribution in [0.15, 0.2) is 41.8 Å². The minimum absolute atomic E-state index is 0.0518. The van der Waals surface area contributed by atoms with Crippen molar-refractivity contribution < 1.29 is 4.79 Å². The van der Waals surface area contributed by atoms with E-state index in [0.29, 0.717) is 12.6 Å². The number of imidazole rings is 1. The van der Waals surface area contributed by atoms with Gasteiger partial charge in [0.05, 0.1) is 5.25 Å². The Hall–Kier alpha value is -1.75. The minimum atomic E-state index is -0.148. The van der Waals surface area contributed by atoms with Crippen LogP contribution in [0.4, 0.5) is 0 Å². The molecule has 3 rings (SSSR count). The van der Waals surface area contributed by atoms with Gasteiger partial charge in [0.2, 0.25) is 5.91 Å². The monoisotopic (exact) mass is 315 g/mol. The van der Waals surface area contributed by atoms with Gasteiger partial charge in [0.25, 0.3) is 0 Å². The molecule has 1 unspecified atom stereocenters. The summed E-state index contributed by atoms with van der Waals surface area (Å²) in [6.45, 7) is 4.56. The first kappa shape index (κ1) is 15.2. The van der Waals surface area contributed by atoms with Crippen LogP contribution < -0.4 is 5.32 Å². The van der Waals surface area contributed by atoms with Gasteiger partial charge in [-0.1, -0.05) is 41.6 Å². The zero-order chi connectivity index (χ0) is 15.5. The van der Waals surface area contributed by atoms with E-state index in [1.54, 1.807) is 0 Å². The van der Waals surface area contributed by atoms with Crippen LogP contribution in [0.2, 0.25) is 0 Å². The lowest BCUT2D eigenvalue weighted by Crippen LogP contribution is -2.30. The van der Waals surface area contributed by atoms with E-state index in [-0.39, 0.29) is 11.2 Å². The van der Waals surface area contributed by atoms with Crippen molar-refractivity contribution in [3.8, 4) is 0 Å². The summed E-state index contributed by atoms with van der Waals surface area (Å²) >= 11 is 1.53. The number of nitrogens with zero attached hydrogens (tertiary/aromatic N) is 2. The Kier molecular flexibility index (Phi) is 4.52. The van der Waals surface area contributed by atoms with E-state index in [1.807, 2.05) is 31.5 Å². The second-order valence-electron chi connectivity index (χ2n) is 5.81. The molecule has 0 aliphatic heterocycles. The van der Waals surface area contributed by atoms with Crippen molar-refractivity contribution >= 4 is 17.7 Å². The predicted molar refractivity (Wildman–Crippen MR) is 88.8 cm³/mol. The topological polar surface area (TPSA) is 46.9 Å². The summed E-state index contributed by atoms with van der Waals surface area (Å²) in [6.07, 6.45) is 6.27. The summed E-state index contributed by atoms with van der Waals surface area (Å²) < 4.78 is 2.19. The third kappa shape index (κ3) is 3.71. The van der Waals surface area contributed by atoms with Gasteiger partial charge in [0.15, 0.2) is 5.16 Å². The first-order valence-corrected chi connectivity index (χ1v) is 8.54. The SMILES string of the molecule is Cc1ccc(CNC(=O)C(C)Sc2nccn2C2CC2)cc1. The maximum Gasteiger partial charge on any atom is 0.233 e. The van der Waals surface area contributed by atoms with Gasteiger partial charge in [0.1, 0.15) is 0 Å². The van der Waals surface area contributed by atoms with Gasteiger partial charge in [0, 0.05) is 25.0 Å². The molecule has 2 aromatic rings. The number of nitrogens with one attached hydrogen (secondary N) is 1. The number of carbonyl (C=O) groups is 1. The zero-order valence-electron chi connectivity index (χ0n) is 13.0. The Morgan fingerprint density at radius 1 is 1.41 bits per heavy atom. The average Bonchev–Trinajstić information content (AvgIpc) is 3.26. The molecule has 0 spiro atoms. The molecule has 1 saturated carbocycles. The van der Waals surface area contributed by atoms with Crippen molar-refractivity contribution in [2.24, 2.45) is 0 Å². The average molecular weight is 315 g/mol. The smallest absolute Gasteiger partial charge is 0.233 e. The summed E-state index contributed by atoms with van der Waals surface area (Å²) in [5.41, 5.74) is 2.35. The Morgan fingerprint density at radius 2 is 2.14 bits per heavy atom. The molecular formula is C17H21N3OS. The molecule has 1 aromatic carbocycles. The molecule has 1 heterocycles. The van der Waals surface area contributed by atoms with Crippen molar-refractivity contribution in [2.75, 3.05) is 0 Å². The highest BCUT2D eigenvalue weighted by molar-refractivity contribution is 8.00. The lowest BCUT2D eigenvalue weighted by Gasteiger charge is -2.13. The number of thioether (sulfide) groups is 1. The van der Waals surface area contributed by atoms with Crippen LogP contribution in [-0.2, 0) is 11.3 Å². The molecule has 1 amide bonds. The third-order valence-electron chi connectivity index (χ3n) is 3.81. The predicted octanol–water partition coefficient (Wildman–Crippen LogP) is 3.32. The lowest BCUT2D eigenvalue weighted by molar-refractivity contribution is -0.120. The standard InChI is InChI=1S/C17H21N3OS/c1-12-3-5-14(6-4-12)11-19-16(21)13(2)22-17-18-9-10-20(17)15-7-8-15/h3-6,9-10,13,15H,7-8,11H2,1-2H3,(H,19,21). The molecule has 5 heteroatoms. The molecular weight excluding hydrogens is 294 g/mol. The number of benzene rings is 1. The van der Waals surface area contributed by atoms with E-state index >= 15 is 0 Å². The fraction of sp³-hybridized carbons (Fsp3) is 0.412. The van der Waals surface area contributed by atoms with Crippen LogP contribution in [-0.4, -0.2) is 20.7 Å². The normalized spacial score (nSPS) is 15.5. The van der Waals surface area contributed by atoms with Crippen LogP contribution in [0.25, 0.3) is 0 Å². The largest absolute Gasteiger partial charge is 0.351 e. The van der Waals surface area contributed by atoms with Crippen molar-refractivity contribution in [2.45, 2.75) is 49.7 Å². The zero-order valence-corrected chi connectivity index (χ0v) is 13.8. The Bertz CT molecular complexity index is 646. The van der Waals surface area contributed by atoms with Gasteiger partial charge >= 0.3 is 0 Å². The van der Waals surface area contributed by atoms with Crippen molar-refractivity contribution in [1.29, 1.82) is 0 Å². The van der Waals surface area contributed by atoms with E-state index < -0.39 is 0 Å². The molecule has 1 aliphatic carbocycles. The number of hydrogen-bond acceptors (Lipinski definition) is 3. The molecule has 1 aromatic heterocycles. The highest BCUT2D eigenvalue weighted by Gasteiger charge is 2.27. The first-order valence-electron chi connectivity index (χ1n) is 7.66. The van der Waals surface area contributed by atoms with Gasteiger partial charge < -0.3 is 9.88 Å². The summed E-state index contributed by atoms with van der Waals surface area (Å²) in [4.78, 5) is 16.6. The van der Waals surface area contributed by atoms with Crippen molar-refractivity contribution in [3.05, 3.63) is 47.8 Å². The Labute approximate surface area is 135 Å². The third-order valence-corrected chi connectivity index (χ3v) is 4.91. The molecule has 4 nitrogen and oxygen atoms in total. The number of carbonyl (C=O) groups excluding carboxylic acids is 1. The molecule has 0 bridgehead atoms. The second kappa shape index (κ2) is 6.57. The molecule has 0 saturated heterocycles. The highest BCUT2D eigenvalue weighted by atomic mass is 32.2. The van der Waals surface area contributed by atoms with Gasteiger partial charge in [-0.3, -0.25) is 4.79 Å². The van der Waals surface area contributed by atoms with Crippen molar-refractivity contribution in [1.82, 2.24) is 14.9 Å². The van der Waals surface area contributed by atoms with E-state index in [9.17, 15) is 4.79 Å². The fourth-order valence-electron chi connectivity index (χ4n) is 2.27. The number of amides is 1. The minimum Gasteiger partial charge on any atom is -0.351 e. The molecule has 1 N–H and O–H groups in total. The van der Waals surface area contributed by atoms with E-state index in [1.165, 1.54) is 30.2 Å². The van der Waals surface area contributed by atoms with Gasteiger partial charge in [-0.05, 0) is 32.3 Å². The maximum atomic E-state index is 12.2. The number of rotatable bonds is 6. The Balaban J connectivity index is 1.53. The van der Waals surface area contributed by atoms with Gasteiger partial charge in [-0.2, -0.15) is 0 Å². The van der Waals surface area contributed by atoms with Crippen LogP contribution in [0.5, 0.6) is 0 Å². The first-order chi connectivity index (χ1) is 10.6. The van der Waals surface area contributed by atoms with Crippen LogP contribution in [0.1, 0.15) is 36.9 Å². The van der Waals surface area contributed by atoms with Gasteiger partial charge in [-0.15, -0.1) is 0 Å². The highest BCUT2D eigenvalue weighted by Crippen LogP contribution is 2.38. The van der Waals surface area contributed by atoms with Crippen LogP contribution >= 0.6 is 11.8 Å². The fourth-order valence-corrected chi connectivity index (χ4v) is 3.23. The van der Waals surface area contributed by atoms with Gasteiger partial charge in [-0.25, -0.2) is 4.98 Å². The van der Waals surface area contributed by atoms with Crippen molar-refractivity contribution in [3.63, 3.8) is 0 Å². The number of aromatic nitrogens is 2. The molecule has 0 radical (unpaired) electrons. The number of hydrogen-bond donors (Lipinski definition) is 1. The molecule has 1 aliphatic rings. The molecule has 22 heavy (non-hydrogen) atoms. The second-order valence-corrected chi connectivity index (χ2v) is 7.12. The van der Waals surface area contributed by atoms with Crippen LogP contribution in [0.3, 0.4) is 0 Å². The quantitative estimate of drug-likeness (QED) is 0.832. The van der Waals surface area contributed by atoms with E-state index in [0.717, 1.165) is 10.7 Å². The summed E-state index contributed by atoms with van der Waals surface area (Å²) in [7, 11) is 0. The summed E-state index contributed by atoms with van der Waals surface area (Å²) in [5, 5.41) is 3.80. The maximum absolute atomic E-state index is 12.2. The lowest BCUT2D eigenvalue weighted by atomic mass is 10.1. The molecule has 1 atom stereocenters. The van der Waals surface area contributed by atoms with E-state index in [2.05, 4.69) is 33.9 Å². The molecule has 1 fully saturated rings. The summed E-state index contributed by atoms with van der Waals surface area (Å²) in [5.74, 6) is 0.0518. The van der Waals surface area contributed by atoms with E-state index in [4.69, 9.17) is 0 Å². The molecule has 116 valence electrons. The van der Waals surface area contributed by atoms with Crippen LogP contribution in [0, 0.1) is 6.92 Å². The summed E-state index contributed by atoms with van der Waals surface area (Å²) in [6, 6.07) is 8.81. The Morgan fingerprint density at radius 3 is 2.82 bits per heavy atom.